The summed E-state index contributed by atoms with van der Waals surface area (Å²) in [5.41, 5.74) is -1.22. The largest absolute Gasteiger partial charge is 0.416 e. The van der Waals surface area contributed by atoms with Crippen molar-refractivity contribution in [3.05, 3.63) is 29.3 Å². The van der Waals surface area contributed by atoms with Crippen LogP contribution in [0.2, 0.25) is 0 Å². The van der Waals surface area contributed by atoms with Crippen molar-refractivity contribution in [2.24, 2.45) is 0 Å². The normalized spacial score (nSPS) is 14.2. The van der Waals surface area contributed by atoms with E-state index in [9.17, 15) is 21.6 Å². The average molecular weight is 388 g/mol. The van der Waals surface area contributed by atoms with Gasteiger partial charge < -0.3 is 0 Å². The lowest BCUT2D eigenvalue weighted by Crippen LogP contribution is -2.33. The molecule has 0 spiro atoms. The lowest BCUT2D eigenvalue weighted by atomic mass is 10.1. The Kier molecular flexibility index (Phi) is 6.24. The first kappa shape index (κ1) is 18.4. The van der Waals surface area contributed by atoms with Crippen LogP contribution in [0.25, 0.3) is 0 Å². The van der Waals surface area contributed by atoms with E-state index in [2.05, 4.69) is 20.7 Å². The topological polar surface area (TPSA) is 46.2 Å². The van der Waals surface area contributed by atoms with Crippen LogP contribution >= 0.6 is 15.9 Å². The Labute approximate surface area is 131 Å². The van der Waals surface area contributed by atoms with Crippen LogP contribution in [0.5, 0.6) is 0 Å². The number of nitrogens with one attached hydrogen (secondary N) is 1. The van der Waals surface area contributed by atoms with E-state index >= 15 is 0 Å². The van der Waals surface area contributed by atoms with Gasteiger partial charge in [0.2, 0.25) is 10.0 Å². The molecule has 120 valence electrons. The predicted molar refractivity (Wildman–Crippen MR) is 79.0 cm³/mol. The van der Waals surface area contributed by atoms with Gasteiger partial charge in [0, 0.05) is 11.4 Å². The Hall–Kier alpha value is -0.600. The predicted octanol–water partition coefficient (Wildman–Crippen LogP) is 3.86. The number of rotatable bonds is 6. The molecule has 8 heteroatoms. The molecule has 0 bridgehead atoms. The molecule has 0 saturated carbocycles. The molecule has 0 fully saturated rings. The van der Waals surface area contributed by atoms with Crippen LogP contribution in [0.3, 0.4) is 0 Å². The minimum Gasteiger partial charge on any atom is -0.208 e. The summed E-state index contributed by atoms with van der Waals surface area (Å²) in [5, 5.41) is 0.738. The molecule has 0 aliphatic rings. The molecule has 3 nitrogen and oxygen atoms in total. The zero-order valence-corrected chi connectivity index (χ0v) is 14.1. The fourth-order valence-electron chi connectivity index (χ4n) is 1.98. The molecule has 0 radical (unpaired) electrons. The Morgan fingerprint density at radius 1 is 1.33 bits per heavy atom. The number of benzene rings is 1. The van der Waals surface area contributed by atoms with Crippen LogP contribution in [-0.4, -0.2) is 19.8 Å². The van der Waals surface area contributed by atoms with Gasteiger partial charge in [-0.1, -0.05) is 22.0 Å². The molecule has 1 atom stereocenters. The third kappa shape index (κ3) is 4.96. The molecule has 0 heterocycles. The van der Waals surface area contributed by atoms with Gasteiger partial charge in [-0.2, -0.15) is 13.2 Å². The van der Waals surface area contributed by atoms with Crippen LogP contribution in [0, 0.1) is 6.92 Å². The first-order chi connectivity index (χ1) is 9.59. The van der Waals surface area contributed by atoms with E-state index < -0.39 is 21.8 Å². The minimum absolute atomic E-state index is 0.287. The van der Waals surface area contributed by atoms with Gasteiger partial charge >= 0.3 is 6.18 Å². The van der Waals surface area contributed by atoms with Gasteiger partial charge in [-0.25, -0.2) is 13.1 Å². The monoisotopic (exact) mass is 387 g/mol. The Morgan fingerprint density at radius 3 is 2.48 bits per heavy atom. The number of alkyl halides is 4. The van der Waals surface area contributed by atoms with Crippen LogP contribution in [0.1, 0.15) is 30.9 Å². The second-order valence-corrected chi connectivity index (χ2v) is 7.26. The van der Waals surface area contributed by atoms with Gasteiger partial charge in [0.05, 0.1) is 10.5 Å². The second-order valence-electron chi connectivity index (χ2n) is 4.78. The maximum atomic E-state index is 12.8. The summed E-state index contributed by atoms with van der Waals surface area (Å²) in [6.07, 6.45) is -3.20. The first-order valence-electron chi connectivity index (χ1n) is 6.34. The van der Waals surface area contributed by atoms with Crippen molar-refractivity contribution in [3.8, 4) is 0 Å². The highest BCUT2D eigenvalue weighted by atomic mass is 79.9. The lowest BCUT2D eigenvalue weighted by molar-refractivity contribution is -0.138. The van der Waals surface area contributed by atoms with Crippen molar-refractivity contribution in [1.29, 1.82) is 0 Å². The fraction of sp³-hybridized carbons (Fsp3) is 0.538. The van der Waals surface area contributed by atoms with E-state index in [1.807, 2.05) is 0 Å². The van der Waals surface area contributed by atoms with Gasteiger partial charge in [0.15, 0.2) is 0 Å². The minimum atomic E-state index is -4.57. The smallest absolute Gasteiger partial charge is 0.208 e. The maximum absolute atomic E-state index is 12.8. The summed E-state index contributed by atoms with van der Waals surface area (Å²) >= 11 is 3.24. The molecule has 1 aromatic carbocycles. The van der Waals surface area contributed by atoms with E-state index in [0.29, 0.717) is 6.42 Å². The van der Waals surface area contributed by atoms with Gasteiger partial charge in [-0.15, -0.1) is 0 Å². The van der Waals surface area contributed by atoms with E-state index in [0.717, 1.165) is 23.9 Å². The summed E-state index contributed by atoms with van der Waals surface area (Å²) in [5.74, 6) is 0. The summed E-state index contributed by atoms with van der Waals surface area (Å²) in [6.45, 7) is 2.85. The second kappa shape index (κ2) is 7.11. The summed E-state index contributed by atoms with van der Waals surface area (Å²) in [4.78, 5) is -0.331. The third-order valence-corrected chi connectivity index (χ3v) is 5.30. The highest BCUT2D eigenvalue weighted by Crippen LogP contribution is 2.34. The van der Waals surface area contributed by atoms with Crippen molar-refractivity contribution in [2.75, 3.05) is 5.33 Å². The van der Waals surface area contributed by atoms with E-state index in [-0.39, 0.29) is 16.5 Å². The Morgan fingerprint density at radius 2 is 1.95 bits per heavy atom. The summed E-state index contributed by atoms with van der Waals surface area (Å²) in [7, 11) is -3.97. The quantitative estimate of drug-likeness (QED) is 0.753. The Balaban J connectivity index is 3.10. The van der Waals surface area contributed by atoms with Gasteiger partial charge in [0.1, 0.15) is 0 Å². The van der Waals surface area contributed by atoms with Crippen LogP contribution in [0.15, 0.2) is 23.1 Å². The van der Waals surface area contributed by atoms with E-state index in [4.69, 9.17) is 0 Å². The fourth-order valence-corrected chi connectivity index (χ4v) is 3.85. The van der Waals surface area contributed by atoms with Gasteiger partial charge in [-0.05, 0) is 44.4 Å². The van der Waals surface area contributed by atoms with Crippen molar-refractivity contribution in [3.63, 3.8) is 0 Å². The van der Waals surface area contributed by atoms with Crippen molar-refractivity contribution in [1.82, 2.24) is 4.72 Å². The van der Waals surface area contributed by atoms with Crippen molar-refractivity contribution < 1.29 is 21.6 Å². The summed E-state index contributed by atoms with van der Waals surface area (Å²) in [6, 6.07) is 2.82. The molecule has 0 saturated heterocycles. The third-order valence-electron chi connectivity index (χ3n) is 3.01. The molecule has 0 amide bonds. The number of halogens is 4. The number of hydrogen-bond acceptors (Lipinski definition) is 2. The van der Waals surface area contributed by atoms with E-state index in [1.165, 1.54) is 13.0 Å². The standard InChI is InChI=1S/C13H17BrF3NO2S/c1-9(5-4-8-14)18-21(19,20)12-7-3-6-11(10(12)2)13(15,16)17/h3,6-7,9,18H,4-5,8H2,1-2H3. The lowest BCUT2D eigenvalue weighted by Gasteiger charge is -2.17. The van der Waals surface area contributed by atoms with Crippen molar-refractivity contribution >= 4 is 26.0 Å². The molecule has 1 aromatic rings. The molecule has 1 N–H and O–H groups in total. The highest BCUT2D eigenvalue weighted by molar-refractivity contribution is 9.09. The molecular weight excluding hydrogens is 371 g/mol. The maximum Gasteiger partial charge on any atom is 0.416 e. The molecule has 0 aliphatic carbocycles. The van der Waals surface area contributed by atoms with E-state index in [1.54, 1.807) is 6.92 Å². The number of sulfonamides is 1. The SMILES string of the molecule is Cc1c(C(F)(F)F)cccc1S(=O)(=O)NC(C)CCCBr. The van der Waals surface area contributed by atoms with Crippen LogP contribution in [-0.2, 0) is 16.2 Å². The average Bonchev–Trinajstić information content (AvgIpc) is 2.34. The van der Waals surface area contributed by atoms with Crippen LogP contribution < -0.4 is 4.72 Å². The highest BCUT2D eigenvalue weighted by Gasteiger charge is 2.34. The van der Waals surface area contributed by atoms with Crippen LogP contribution in [0.4, 0.5) is 13.2 Å². The van der Waals surface area contributed by atoms with Gasteiger partial charge in [0.25, 0.3) is 0 Å². The first-order valence-corrected chi connectivity index (χ1v) is 8.95. The molecule has 0 aliphatic heterocycles. The van der Waals surface area contributed by atoms with Crippen molar-refractivity contribution in [2.45, 2.75) is 43.8 Å². The van der Waals surface area contributed by atoms with Gasteiger partial charge in [-0.3, -0.25) is 0 Å². The zero-order valence-electron chi connectivity index (χ0n) is 11.7. The molecule has 1 unspecified atom stereocenters. The number of hydrogen-bond donors (Lipinski definition) is 1. The molecule has 1 rings (SSSR count). The Bertz CT molecular complexity index is 588. The summed E-state index contributed by atoms with van der Waals surface area (Å²) < 4.78 is 65.3. The molecule has 0 aromatic heterocycles. The zero-order chi connectivity index (χ0) is 16.3. The molecule has 21 heavy (non-hydrogen) atoms. The molecular formula is C13H17BrF3NO2S.